The molecule has 1 aliphatic heterocycles. The summed E-state index contributed by atoms with van der Waals surface area (Å²) in [5.74, 6) is 1.80. The van der Waals surface area contributed by atoms with Crippen molar-refractivity contribution < 1.29 is 4.74 Å². The fourth-order valence-corrected chi connectivity index (χ4v) is 3.38. The second kappa shape index (κ2) is 9.19. The normalized spacial score (nSPS) is 16.7. The molecule has 2 N–H and O–H groups in total. The van der Waals surface area contributed by atoms with Gasteiger partial charge in [-0.25, -0.2) is 0 Å². The Morgan fingerprint density at radius 1 is 1.30 bits per heavy atom. The van der Waals surface area contributed by atoms with Crippen LogP contribution in [0, 0.1) is 0 Å². The van der Waals surface area contributed by atoms with Crippen molar-refractivity contribution in [1.82, 2.24) is 15.3 Å². The molecule has 0 spiro atoms. The maximum atomic E-state index is 5.91. The summed E-state index contributed by atoms with van der Waals surface area (Å²) in [6.45, 7) is 3.79. The highest BCUT2D eigenvalue weighted by Gasteiger charge is 2.21. The SMILES string of the molecule is COc1cc(N2CCCCC2C)nc(NC(=S)NCc2ccc(Cl)cc2)n1. The van der Waals surface area contributed by atoms with Gasteiger partial charge in [0.1, 0.15) is 5.82 Å². The van der Waals surface area contributed by atoms with E-state index in [9.17, 15) is 0 Å². The number of piperidine rings is 1. The summed E-state index contributed by atoms with van der Waals surface area (Å²) in [5.41, 5.74) is 1.08. The number of halogens is 1. The molecule has 0 amide bonds. The smallest absolute Gasteiger partial charge is 0.234 e. The molecule has 1 aliphatic rings. The molecule has 1 unspecified atom stereocenters. The second-order valence-corrected chi connectivity index (χ2v) is 7.41. The summed E-state index contributed by atoms with van der Waals surface area (Å²) < 4.78 is 5.35. The quantitative estimate of drug-likeness (QED) is 0.729. The number of rotatable bonds is 5. The van der Waals surface area contributed by atoms with Crippen molar-refractivity contribution in [1.29, 1.82) is 0 Å². The van der Waals surface area contributed by atoms with Crippen molar-refractivity contribution in [3.8, 4) is 5.88 Å². The third-order valence-electron chi connectivity index (χ3n) is 4.59. The predicted molar refractivity (Wildman–Crippen MR) is 114 cm³/mol. The Morgan fingerprint density at radius 3 is 2.78 bits per heavy atom. The first-order valence-electron chi connectivity index (χ1n) is 9.04. The number of anilines is 2. The third-order valence-corrected chi connectivity index (χ3v) is 5.09. The zero-order valence-electron chi connectivity index (χ0n) is 15.5. The van der Waals surface area contributed by atoms with E-state index in [1.807, 2.05) is 30.3 Å². The van der Waals surface area contributed by atoms with Gasteiger partial charge < -0.3 is 20.3 Å². The molecule has 2 aromatic rings. The fraction of sp³-hybridized carbons (Fsp3) is 0.421. The standard InChI is InChI=1S/C19H24ClN5OS/c1-13-5-3-4-10-25(13)16-11-17(26-2)23-18(22-16)24-19(27)21-12-14-6-8-15(20)9-7-14/h6-9,11,13H,3-5,10,12H2,1-2H3,(H2,21,22,23,24,27). The van der Waals surface area contributed by atoms with Crippen molar-refractivity contribution in [2.75, 3.05) is 23.9 Å². The van der Waals surface area contributed by atoms with Gasteiger partial charge in [-0.05, 0) is 56.1 Å². The maximum absolute atomic E-state index is 5.91. The summed E-state index contributed by atoms with van der Waals surface area (Å²) >= 11 is 11.3. The second-order valence-electron chi connectivity index (χ2n) is 6.56. The Kier molecular flexibility index (Phi) is 6.68. The van der Waals surface area contributed by atoms with Gasteiger partial charge in [-0.1, -0.05) is 23.7 Å². The zero-order valence-corrected chi connectivity index (χ0v) is 17.1. The number of thiocarbonyl (C=S) groups is 1. The number of hydrogen-bond donors (Lipinski definition) is 2. The lowest BCUT2D eigenvalue weighted by Crippen LogP contribution is -2.38. The molecule has 27 heavy (non-hydrogen) atoms. The Balaban J connectivity index is 1.67. The highest BCUT2D eigenvalue weighted by atomic mass is 35.5. The van der Waals surface area contributed by atoms with E-state index in [2.05, 4.69) is 32.4 Å². The van der Waals surface area contributed by atoms with E-state index < -0.39 is 0 Å². The van der Waals surface area contributed by atoms with Crippen LogP contribution in [0.5, 0.6) is 5.88 Å². The molecule has 1 aromatic carbocycles. The van der Waals surface area contributed by atoms with Crippen molar-refractivity contribution in [2.24, 2.45) is 0 Å². The highest BCUT2D eigenvalue weighted by Crippen LogP contribution is 2.26. The number of aromatic nitrogens is 2. The van der Waals surface area contributed by atoms with E-state index >= 15 is 0 Å². The van der Waals surface area contributed by atoms with Gasteiger partial charge in [-0.15, -0.1) is 0 Å². The first-order chi connectivity index (χ1) is 13.0. The minimum absolute atomic E-state index is 0.427. The van der Waals surface area contributed by atoms with Gasteiger partial charge in [-0.3, -0.25) is 0 Å². The summed E-state index contributed by atoms with van der Waals surface area (Å²) in [5, 5.41) is 7.38. The van der Waals surface area contributed by atoms with Gasteiger partial charge in [-0.2, -0.15) is 9.97 Å². The molecule has 0 radical (unpaired) electrons. The molecule has 0 saturated carbocycles. The van der Waals surface area contributed by atoms with Gasteiger partial charge >= 0.3 is 0 Å². The van der Waals surface area contributed by atoms with Crippen LogP contribution in [0.3, 0.4) is 0 Å². The summed E-state index contributed by atoms with van der Waals surface area (Å²) in [7, 11) is 1.60. The Labute approximate surface area is 170 Å². The average Bonchev–Trinajstić information content (AvgIpc) is 2.67. The van der Waals surface area contributed by atoms with Crippen LogP contribution in [0.1, 0.15) is 31.7 Å². The van der Waals surface area contributed by atoms with Crippen LogP contribution in [0.15, 0.2) is 30.3 Å². The van der Waals surface area contributed by atoms with Crippen LogP contribution in [0.25, 0.3) is 0 Å². The number of nitrogens with one attached hydrogen (secondary N) is 2. The van der Waals surface area contributed by atoms with Crippen LogP contribution < -0.4 is 20.3 Å². The number of ether oxygens (including phenoxy) is 1. The monoisotopic (exact) mass is 405 g/mol. The third kappa shape index (κ3) is 5.43. The van der Waals surface area contributed by atoms with Crippen LogP contribution in [0.2, 0.25) is 5.02 Å². The minimum atomic E-state index is 0.427. The predicted octanol–water partition coefficient (Wildman–Crippen LogP) is 4.00. The van der Waals surface area contributed by atoms with Crippen molar-refractivity contribution in [3.63, 3.8) is 0 Å². The Bertz CT molecular complexity index is 786. The lowest BCUT2D eigenvalue weighted by molar-refractivity contribution is 0.396. The van der Waals surface area contributed by atoms with Crippen LogP contribution in [-0.4, -0.2) is 34.8 Å². The number of methoxy groups -OCH3 is 1. The molecule has 1 fully saturated rings. The largest absolute Gasteiger partial charge is 0.481 e. The van der Waals surface area contributed by atoms with Crippen molar-refractivity contribution in [3.05, 3.63) is 40.9 Å². The maximum Gasteiger partial charge on any atom is 0.234 e. The summed E-state index contributed by atoms with van der Waals surface area (Å²) in [6.07, 6.45) is 3.58. The molecule has 3 rings (SSSR count). The van der Waals surface area contributed by atoms with Crippen LogP contribution in [0.4, 0.5) is 11.8 Å². The van der Waals surface area contributed by atoms with E-state index in [-0.39, 0.29) is 0 Å². The van der Waals surface area contributed by atoms with E-state index in [0.29, 0.717) is 34.5 Å². The molecule has 0 aliphatic carbocycles. The van der Waals surface area contributed by atoms with Gasteiger partial charge in [0.2, 0.25) is 11.8 Å². The summed E-state index contributed by atoms with van der Waals surface area (Å²) in [4.78, 5) is 11.3. The summed E-state index contributed by atoms with van der Waals surface area (Å²) in [6, 6.07) is 9.93. The molecule has 6 nitrogen and oxygen atoms in total. The van der Waals surface area contributed by atoms with Crippen molar-refractivity contribution >= 4 is 40.7 Å². The fourth-order valence-electron chi connectivity index (χ4n) is 3.09. The first-order valence-corrected chi connectivity index (χ1v) is 9.83. The number of benzene rings is 1. The molecular formula is C19H24ClN5OS. The molecule has 1 aromatic heterocycles. The van der Waals surface area contributed by atoms with E-state index in [4.69, 9.17) is 28.6 Å². The molecule has 8 heteroatoms. The lowest BCUT2D eigenvalue weighted by Gasteiger charge is -2.34. The lowest BCUT2D eigenvalue weighted by atomic mass is 10.0. The number of nitrogens with zero attached hydrogens (tertiary/aromatic N) is 3. The highest BCUT2D eigenvalue weighted by molar-refractivity contribution is 7.80. The van der Waals surface area contributed by atoms with E-state index in [1.54, 1.807) is 7.11 Å². The first kappa shape index (κ1) is 19.6. The van der Waals surface area contributed by atoms with Crippen LogP contribution >= 0.6 is 23.8 Å². The average molecular weight is 406 g/mol. The Hall–Kier alpha value is -2.12. The molecule has 0 bridgehead atoms. The van der Waals surface area contributed by atoms with E-state index in [1.165, 1.54) is 12.8 Å². The van der Waals surface area contributed by atoms with Crippen LogP contribution in [-0.2, 0) is 6.54 Å². The molecule has 1 atom stereocenters. The molecule has 2 heterocycles. The molecule has 144 valence electrons. The van der Waals surface area contributed by atoms with Gasteiger partial charge in [0.15, 0.2) is 5.11 Å². The van der Waals surface area contributed by atoms with E-state index in [0.717, 1.165) is 24.3 Å². The number of hydrogen-bond acceptors (Lipinski definition) is 5. The molecule has 1 saturated heterocycles. The minimum Gasteiger partial charge on any atom is -0.481 e. The van der Waals surface area contributed by atoms with Gasteiger partial charge in [0, 0.05) is 30.2 Å². The van der Waals surface area contributed by atoms with Crippen molar-refractivity contribution in [2.45, 2.75) is 38.8 Å². The van der Waals surface area contributed by atoms with Gasteiger partial charge in [0.05, 0.1) is 7.11 Å². The Morgan fingerprint density at radius 2 is 2.07 bits per heavy atom. The van der Waals surface area contributed by atoms with Gasteiger partial charge in [0.25, 0.3) is 0 Å². The molecular weight excluding hydrogens is 382 g/mol. The zero-order chi connectivity index (χ0) is 19.2. The topological polar surface area (TPSA) is 62.3 Å².